The highest BCUT2D eigenvalue weighted by molar-refractivity contribution is 8.01. The average Bonchev–Trinajstić information content (AvgIpc) is 3.13. The van der Waals surface area contributed by atoms with Crippen LogP contribution in [0.15, 0.2) is 15.4 Å². The molecule has 1 fully saturated rings. The molecule has 0 aromatic carbocycles. The number of hydrogen-bond donors (Lipinski definition) is 1. The minimum Gasteiger partial charge on any atom is -0.360 e. The Morgan fingerprint density at radius 2 is 2.26 bits per heavy atom. The molecule has 0 radical (unpaired) electrons. The minimum absolute atomic E-state index is 0.491. The first kappa shape index (κ1) is 13.1. The molecule has 2 aromatic rings. The van der Waals surface area contributed by atoms with Gasteiger partial charge in [0, 0.05) is 18.5 Å². The van der Waals surface area contributed by atoms with Crippen LogP contribution in [-0.2, 0) is 0 Å². The van der Waals surface area contributed by atoms with Gasteiger partial charge < -0.3 is 5.32 Å². The molecule has 2 aromatic heterocycles. The van der Waals surface area contributed by atoms with Gasteiger partial charge in [-0.1, -0.05) is 22.9 Å². The molecule has 1 aliphatic rings. The lowest BCUT2D eigenvalue weighted by atomic mass is 10.4. The number of rotatable bonds is 5. The zero-order valence-electron chi connectivity index (χ0n) is 10.3. The predicted octanol–water partition coefficient (Wildman–Crippen LogP) is 3.44. The number of aromatic nitrogens is 4. The van der Waals surface area contributed by atoms with Crippen molar-refractivity contribution in [3.63, 3.8) is 0 Å². The highest BCUT2D eigenvalue weighted by Crippen LogP contribution is 2.40. The van der Waals surface area contributed by atoms with Crippen LogP contribution in [0.25, 0.3) is 0 Å². The second kappa shape index (κ2) is 5.60. The fourth-order valence-corrected chi connectivity index (χ4v) is 3.58. The lowest BCUT2D eigenvalue weighted by Gasteiger charge is -2.01. The van der Waals surface area contributed by atoms with E-state index >= 15 is 0 Å². The molecule has 0 saturated heterocycles. The molecule has 1 aliphatic carbocycles. The first-order valence-corrected chi connectivity index (χ1v) is 8.05. The van der Waals surface area contributed by atoms with Crippen LogP contribution >= 0.6 is 34.7 Å². The summed E-state index contributed by atoms with van der Waals surface area (Å²) in [4.78, 5) is 8.80. The van der Waals surface area contributed by atoms with Crippen molar-refractivity contribution in [2.75, 3.05) is 11.9 Å². The van der Waals surface area contributed by atoms with E-state index in [1.807, 2.05) is 6.92 Å². The number of anilines is 1. The van der Waals surface area contributed by atoms with Gasteiger partial charge in [-0.2, -0.15) is 0 Å². The second-order valence-corrected chi connectivity index (χ2v) is 6.80. The summed E-state index contributed by atoms with van der Waals surface area (Å²) < 4.78 is 0.854. The van der Waals surface area contributed by atoms with Crippen LogP contribution in [0.3, 0.4) is 0 Å². The van der Waals surface area contributed by atoms with Crippen molar-refractivity contribution in [2.45, 2.75) is 35.0 Å². The van der Waals surface area contributed by atoms with Crippen molar-refractivity contribution >= 4 is 39.8 Å². The van der Waals surface area contributed by atoms with E-state index in [1.165, 1.54) is 23.1 Å². The number of nitrogens with one attached hydrogen (secondary N) is 1. The molecular weight excluding hydrogens is 302 g/mol. The van der Waals surface area contributed by atoms with E-state index in [0.29, 0.717) is 11.1 Å². The van der Waals surface area contributed by atoms with Gasteiger partial charge in [0.05, 0.1) is 0 Å². The van der Waals surface area contributed by atoms with Gasteiger partial charge in [0.15, 0.2) is 4.34 Å². The first-order valence-electron chi connectivity index (χ1n) is 6.04. The zero-order chi connectivity index (χ0) is 13.2. The van der Waals surface area contributed by atoms with Crippen LogP contribution in [0.2, 0.25) is 5.15 Å². The van der Waals surface area contributed by atoms with Gasteiger partial charge in [0.2, 0.25) is 5.13 Å². The van der Waals surface area contributed by atoms with Crippen molar-refractivity contribution in [1.29, 1.82) is 0 Å². The summed E-state index contributed by atoms with van der Waals surface area (Å²) >= 11 is 9.02. The molecule has 0 unspecified atom stereocenters. The standard InChI is InChI=1S/C11H12ClN5S2/c1-2-13-10-16-17-11(19-10)18-8-5-7(12)14-9(15-8)6-3-4-6/h5-6H,2-4H2,1H3,(H,13,16). The summed E-state index contributed by atoms with van der Waals surface area (Å²) in [6.07, 6.45) is 2.32. The lowest BCUT2D eigenvalue weighted by molar-refractivity contribution is 0.877. The van der Waals surface area contributed by atoms with Crippen molar-refractivity contribution in [3.8, 4) is 0 Å². The van der Waals surface area contributed by atoms with E-state index < -0.39 is 0 Å². The Balaban J connectivity index is 1.77. The number of hydrogen-bond acceptors (Lipinski definition) is 7. The van der Waals surface area contributed by atoms with Crippen LogP contribution in [-0.4, -0.2) is 26.7 Å². The molecule has 100 valence electrons. The third-order valence-corrected chi connectivity index (χ3v) is 4.60. The van der Waals surface area contributed by atoms with Crippen LogP contribution in [0.4, 0.5) is 5.13 Å². The monoisotopic (exact) mass is 313 g/mol. The summed E-state index contributed by atoms with van der Waals surface area (Å²) in [5.74, 6) is 1.34. The topological polar surface area (TPSA) is 63.6 Å². The Hall–Kier alpha value is -0.920. The summed E-state index contributed by atoms with van der Waals surface area (Å²) in [5, 5.41) is 13.5. The summed E-state index contributed by atoms with van der Waals surface area (Å²) in [7, 11) is 0. The Kier molecular flexibility index (Phi) is 3.86. The van der Waals surface area contributed by atoms with E-state index in [9.17, 15) is 0 Å². The number of nitrogens with zero attached hydrogens (tertiary/aromatic N) is 4. The Morgan fingerprint density at radius 1 is 1.42 bits per heavy atom. The van der Waals surface area contributed by atoms with E-state index in [2.05, 4.69) is 25.5 Å². The van der Waals surface area contributed by atoms with Gasteiger partial charge in [-0.25, -0.2) is 9.97 Å². The molecule has 0 aliphatic heterocycles. The van der Waals surface area contributed by atoms with Gasteiger partial charge in [-0.15, -0.1) is 10.2 Å². The summed E-state index contributed by atoms with van der Waals surface area (Å²) in [6.45, 7) is 2.87. The molecule has 0 amide bonds. The molecule has 19 heavy (non-hydrogen) atoms. The maximum absolute atomic E-state index is 6.03. The van der Waals surface area contributed by atoms with Gasteiger partial charge in [-0.3, -0.25) is 0 Å². The summed E-state index contributed by atoms with van der Waals surface area (Å²) in [5.41, 5.74) is 0. The fourth-order valence-electron chi connectivity index (χ4n) is 1.55. The minimum atomic E-state index is 0.491. The largest absolute Gasteiger partial charge is 0.360 e. The molecule has 0 bridgehead atoms. The Morgan fingerprint density at radius 3 is 3.00 bits per heavy atom. The zero-order valence-corrected chi connectivity index (χ0v) is 12.6. The Labute approximate surface area is 124 Å². The normalized spacial score (nSPS) is 14.6. The molecule has 0 atom stereocenters. The number of halogens is 1. The average molecular weight is 314 g/mol. The fraction of sp³-hybridized carbons (Fsp3) is 0.455. The highest BCUT2D eigenvalue weighted by Gasteiger charge is 2.27. The first-order chi connectivity index (χ1) is 9.24. The highest BCUT2D eigenvalue weighted by atomic mass is 35.5. The van der Waals surface area contributed by atoms with Gasteiger partial charge in [-0.05, 0) is 31.5 Å². The summed E-state index contributed by atoms with van der Waals surface area (Å²) in [6, 6.07) is 1.77. The van der Waals surface area contributed by atoms with Crippen molar-refractivity contribution < 1.29 is 0 Å². The molecule has 5 nitrogen and oxygen atoms in total. The van der Waals surface area contributed by atoms with Gasteiger partial charge in [0.1, 0.15) is 16.0 Å². The van der Waals surface area contributed by atoms with Crippen molar-refractivity contribution in [2.24, 2.45) is 0 Å². The maximum atomic E-state index is 6.03. The third-order valence-electron chi connectivity index (χ3n) is 2.56. The maximum Gasteiger partial charge on any atom is 0.206 e. The smallest absolute Gasteiger partial charge is 0.206 e. The van der Waals surface area contributed by atoms with Crippen LogP contribution in [0.1, 0.15) is 31.5 Å². The van der Waals surface area contributed by atoms with E-state index in [0.717, 1.165) is 39.7 Å². The molecule has 0 spiro atoms. The molecule has 8 heteroatoms. The van der Waals surface area contributed by atoms with Gasteiger partial charge in [0.25, 0.3) is 0 Å². The van der Waals surface area contributed by atoms with E-state index in [4.69, 9.17) is 11.6 Å². The third kappa shape index (κ3) is 3.34. The van der Waals surface area contributed by atoms with E-state index in [-0.39, 0.29) is 0 Å². The van der Waals surface area contributed by atoms with E-state index in [1.54, 1.807) is 6.07 Å². The van der Waals surface area contributed by atoms with Crippen LogP contribution in [0.5, 0.6) is 0 Å². The lowest BCUT2D eigenvalue weighted by Crippen LogP contribution is -1.94. The quantitative estimate of drug-likeness (QED) is 0.853. The van der Waals surface area contributed by atoms with Crippen LogP contribution < -0.4 is 5.32 Å². The van der Waals surface area contributed by atoms with Crippen molar-refractivity contribution in [3.05, 3.63) is 17.0 Å². The molecular formula is C11H12ClN5S2. The van der Waals surface area contributed by atoms with Crippen molar-refractivity contribution in [1.82, 2.24) is 20.2 Å². The molecule has 1 N–H and O–H groups in total. The van der Waals surface area contributed by atoms with Crippen LogP contribution in [0, 0.1) is 0 Å². The van der Waals surface area contributed by atoms with Gasteiger partial charge >= 0.3 is 0 Å². The SMILES string of the molecule is CCNc1nnc(Sc2cc(Cl)nc(C3CC3)n2)s1. The Bertz CT molecular complexity index is 584. The molecule has 2 heterocycles. The second-order valence-electron chi connectivity index (χ2n) is 4.17. The molecule has 3 rings (SSSR count). The predicted molar refractivity (Wildman–Crippen MR) is 77.2 cm³/mol. The molecule has 1 saturated carbocycles.